The Hall–Kier alpha value is -0.870. The summed E-state index contributed by atoms with van der Waals surface area (Å²) in [7, 11) is 0. The second-order valence-electron chi connectivity index (χ2n) is 5.50. The Bertz CT molecular complexity index is 428. The number of halogens is 1. The molecule has 5 heteroatoms. The van der Waals surface area contributed by atoms with Crippen LogP contribution in [0.25, 0.3) is 0 Å². The Morgan fingerprint density at radius 3 is 2.90 bits per heavy atom. The van der Waals surface area contributed by atoms with Gasteiger partial charge in [-0.25, -0.2) is 9.97 Å². The maximum Gasteiger partial charge on any atom is 0.158 e. The molecule has 1 aliphatic carbocycles. The van der Waals surface area contributed by atoms with Gasteiger partial charge in [0, 0.05) is 18.7 Å². The standard InChI is InChI=1S/C15H24ClN3O/c1-3-20-10-15-18-13(16)9-14(19-15)17-12-8-6-4-5-7-11(12)2/h9,11-12H,3-8,10H2,1-2H3,(H,17,18,19). The fourth-order valence-corrected chi connectivity index (χ4v) is 2.89. The van der Waals surface area contributed by atoms with Gasteiger partial charge >= 0.3 is 0 Å². The van der Waals surface area contributed by atoms with Crippen LogP contribution in [0.2, 0.25) is 5.15 Å². The lowest BCUT2D eigenvalue weighted by Crippen LogP contribution is -2.27. The Labute approximate surface area is 126 Å². The van der Waals surface area contributed by atoms with E-state index in [4.69, 9.17) is 16.3 Å². The van der Waals surface area contributed by atoms with E-state index in [1.807, 2.05) is 6.92 Å². The smallest absolute Gasteiger partial charge is 0.158 e. The molecule has 0 saturated heterocycles. The first-order valence-corrected chi connectivity index (χ1v) is 7.94. The van der Waals surface area contributed by atoms with Crippen molar-refractivity contribution in [1.82, 2.24) is 9.97 Å². The number of ether oxygens (including phenoxy) is 1. The lowest BCUT2D eigenvalue weighted by atomic mass is 9.97. The number of hydrogen-bond donors (Lipinski definition) is 1. The van der Waals surface area contributed by atoms with Crippen LogP contribution in [0.15, 0.2) is 6.07 Å². The highest BCUT2D eigenvalue weighted by Crippen LogP contribution is 2.26. The zero-order valence-corrected chi connectivity index (χ0v) is 13.1. The lowest BCUT2D eigenvalue weighted by molar-refractivity contribution is 0.128. The fraction of sp³-hybridized carbons (Fsp3) is 0.733. The van der Waals surface area contributed by atoms with Gasteiger partial charge in [-0.05, 0) is 25.7 Å². The summed E-state index contributed by atoms with van der Waals surface area (Å²) in [6.45, 7) is 5.33. The molecule has 0 bridgehead atoms. The summed E-state index contributed by atoms with van der Waals surface area (Å²) < 4.78 is 5.35. The van der Waals surface area contributed by atoms with Crippen LogP contribution < -0.4 is 5.32 Å². The van der Waals surface area contributed by atoms with Gasteiger partial charge in [-0.15, -0.1) is 0 Å². The predicted octanol–water partition coefficient (Wildman–Crippen LogP) is 4.05. The van der Waals surface area contributed by atoms with Crippen LogP contribution in [-0.2, 0) is 11.3 Å². The minimum Gasteiger partial charge on any atom is -0.374 e. The molecule has 2 atom stereocenters. The van der Waals surface area contributed by atoms with Crippen molar-refractivity contribution in [3.05, 3.63) is 17.0 Å². The maximum atomic E-state index is 6.07. The minimum atomic E-state index is 0.409. The highest BCUT2D eigenvalue weighted by atomic mass is 35.5. The van der Waals surface area contributed by atoms with Crippen molar-refractivity contribution in [2.45, 2.75) is 58.6 Å². The molecule has 112 valence electrons. The largest absolute Gasteiger partial charge is 0.374 e. The van der Waals surface area contributed by atoms with Gasteiger partial charge in [0.15, 0.2) is 5.82 Å². The van der Waals surface area contributed by atoms with E-state index in [2.05, 4.69) is 22.2 Å². The van der Waals surface area contributed by atoms with E-state index in [-0.39, 0.29) is 0 Å². The number of nitrogens with zero attached hydrogens (tertiary/aromatic N) is 2. The van der Waals surface area contributed by atoms with Gasteiger partial charge in [0.05, 0.1) is 0 Å². The first-order valence-electron chi connectivity index (χ1n) is 7.56. The summed E-state index contributed by atoms with van der Waals surface area (Å²) in [6, 6.07) is 2.28. The molecule has 0 spiro atoms. The third-order valence-corrected chi connectivity index (χ3v) is 4.06. The first kappa shape index (κ1) is 15.5. The van der Waals surface area contributed by atoms with Crippen LogP contribution in [0.1, 0.15) is 51.8 Å². The summed E-state index contributed by atoms with van der Waals surface area (Å²) in [4.78, 5) is 8.69. The van der Waals surface area contributed by atoms with Crippen LogP contribution in [0.4, 0.5) is 5.82 Å². The molecule has 20 heavy (non-hydrogen) atoms. The third-order valence-electron chi connectivity index (χ3n) is 3.87. The van der Waals surface area contributed by atoms with Crippen LogP contribution >= 0.6 is 11.6 Å². The number of aromatic nitrogens is 2. The summed E-state index contributed by atoms with van der Waals surface area (Å²) in [5.74, 6) is 2.13. The molecule has 4 nitrogen and oxygen atoms in total. The summed E-state index contributed by atoms with van der Waals surface area (Å²) >= 11 is 6.07. The van der Waals surface area contributed by atoms with E-state index in [0.717, 1.165) is 5.82 Å². The Balaban J connectivity index is 2.05. The van der Waals surface area contributed by atoms with Crippen molar-refractivity contribution in [2.75, 3.05) is 11.9 Å². The highest BCUT2D eigenvalue weighted by Gasteiger charge is 2.20. The number of nitrogens with one attached hydrogen (secondary N) is 1. The SMILES string of the molecule is CCOCc1nc(Cl)cc(NC2CCCCCC2C)n1. The Morgan fingerprint density at radius 2 is 2.10 bits per heavy atom. The zero-order valence-electron chi connectivity index (χ0n) is 12.4. The van der Waals surface area contributed by atoms with Gasteiger partial charge in [0.25, 0.3) is 0 Å². The van der Waals surface area contributed by atoms with Gasteiger partial charge in [-0.1, -0.05) is 37.8 Å². The molecule has 2 unspecified atom stereocenters. The average Bonchev–Trinajstić information content (AvgIpc) is 2.61. The van der Waals surface area contributed by atoms with E-state index < -0.39 is 0 Å². The second-order valence-corrected chi connectivity index (χ2v) is 5.88. The quantitative estimate of drug-likeness (QED) is 0.658. The van der Waals surface area contributed by atoms with Crippen molar-refractivity contribution in [3.8, 4) is 0 Å². The number of rotatable bonds is 5. The Morgan fingerprint density at radius 1 is 1.30 bits per heavy atom. The van der Waals surface area contributed by atoms with Crippen molar-refractivity contribution in [3.63, 3.8) is 0 Å². The van der Waals surface area contributed by atoms with E-state index in [1.54, 1.807) is 6.07 Å². The first-order chi connectivity index (χ1) is 9.69. The Kier molecular flexibility index (Phi) is 6.05. The lowest BCUT2D eigenvalue weighted by Gasteiger charge is -2.23. The van der Waals surface area contributed by atoms with Crippen molar-refractivity contribution >= 4 is 17.4 Å². The molecule has 1 aromatic heterocycles. The average molecular weight is 298 g/mol. The molecular weight excluding hydrogens is 274 g/mol. The maximum absolute atomic E-state index is 6.07. The molecule has 1 heterocycles. The number of hydrogen-bond acceptors (Lipinski definition) is 4. The highest BCUT2D eigenvalue weighted by molar-refractivity contribution is 6.29. The molecule has 1 aliphatic rings. The van der Waals surface area contributed by atoms with Crippen molar-refractivity contribution < 1.29 is 4.74 Å². The molecule has 0 radical (unpaired) electrons. The normalized spacial score (nSPS) is 23.4. The van der Waals surface area contributed by atoms with E-state index in [9.17, 15) is 0 Å². The fourth-order valence-electron chi connectivity index (χ4n) is 2.69. The monoisotopic (exact) mass is 297 g/mol. The topological polar surface area (TPSA) is 47.0 Å². The van der Waals surface area contributed by atoms with Gasteiger partial charge in [-0.2, -0.15) is 0 Å². The predicted molar refractivity (Wildman–Crippen MR) is 82.0 cm³/mol. The molecule has 1 N–H and O–H groups in total. The van der Waals surface area contributed by atoms with Crippen LogP contribution in [0, 0.1) is 5.92 Å². The molecule has 0 aliphatic heterocycles. The number of anilines is 1. The molecule has 1 fully saturated rings. The molecule has 0 aromatic carbocycles. The third kappa shape index (κ3) is 4.60. The molecular formula is C15H24ClN3O. The molecule has 2 rings (SSSR count). The van der Waals surface area contributed by atoms with E-state index in [1.165, 1.54) is 32.1 Å². The molecule has 1 saturated carbocycles. The van der Waals surface area contributed by atoms with Crippen molar-refractivity contribution in [1.29, 1.82) is 0 Å². The van der Waals surface area contributed by atoms with Crippen molar-refractivity contribution in [2.24, 2.45) is 5.92 Å². The van der Waals surface area contributed by atoms with Crippen LogP contribution in [0.3, 0.4) is 0 Å². The van der Waals surface area contributed by atoms with Gasteiger partial charge < -0.3 is 10.1 Å². The zero-order chi connectivity index (χ0) is 14.4. The second kappa shape index (κ2) is 7.79. The van der Waals surface area contributed by atoms with E-state index >= 15 is 0 Å². The molecule has 0 amide bonds. The minimum absolute atomic E-state index is 0.409. The van der Waals surface area contributed by atoms with Gasteiger partial charge in [-0.3, -0.25) is 0 Å². The summed E-state index contributed by atoms with van der Waals surface area (Å²) in [5, 5.41) is 4.01. The van der Waals surface area contributed by atoms with Crippen LogP contribution in [0.5, 0.6) is 0 Å². The summed E-state index contributed by atoms with van der Waals surface area (Å²) in [6.07, 6.45) is 6.43. The van der Waals surface area contributed by atoms with Crippen LogP contribution in [-0.4, -0.2) is 22.6 Å². The molecule has 1 aromatic rings. The van der Waals surface area contributed by atoms with E-state index in [0.29, 0.717) is 36.2 Å². The van der Waals surface area contributed by atoms with Gasteiger partial charge in [0.1, 0.15) is 17.6 Å². The summed E-state index contributed by atoms with van der Waals surface area (Å²) in [5.41, 5.74) is 0. The van der Waals surface area contributed by atoms with Gasteiger partial charge in [0.2, 0.25) is 0 Å².